The monoisotopic (exact) mass is 242 g/mol. The molecule has 0 bridgehead atoms. The van der Waals surface area contributed by atoms with Gasteiger partial charge in [0, 0.05) is 20.2 Å². The van der Waals surface area contributed by atoms with Crippen LogP contribution in [-0.2, 0) is 4.74 Å². The molecule has 0 spiro atoms. The van der Waals surface area contributed by atoms with Gasteiger partial charge in [-0.15, -0.1) is 0 Å². The van der Waals surface area contributed by atoms with Crippen LogP contribution in [0.3, 0.4) is 0 Å². The topological polar surface area (TPSA) is 36.3 Å². The molecular weight excluding hydrogens is 224 g/mol. The summed E-state index contributed by atoms with van der Waals surface area (Å²) < 4.78 is 5.15. The number of ether oxygens (including phenoxy) is 1. The Morgan fingerprint density at radius 2 is 2.28 bits per heavy atom. The average Bonchev–Trinajstić information content (AvgIpc) is 2.40. The third-order valence-electron chi connectivity index (χ3n) is 3.31. The van der Waals surface area contributed by atoms with E-state index in [9.17, 15) is 5.26 Å². The van der Waals surface area contributed by atoms with E-state index in [1.54, 1.807) is 7.11 Å². The van der Waals surface area contributed by atoms with Gasteiger partial charge in [-0.2, -0.15) is 5.26 Å². The molecule has 0 radical (unpaired) electrons. The first kappa shape index (κ1) is 12.7. The lowest BCUT2D eigenvalue weighted by Crippen LogP contribution is -2.30. The molecule has 1 aliphatic rings. The summed E-state index contributed by atoms with van der Waals surface area (Å²) in [6.07, 6.45) is 3.22. The zero-order valence-electron chi connectivity index (χ0n) is 10.9. The molecular formula is C15H18N2O. The van der Waals surface area contributed by atoms with E-state index in [0.717, 1.165) is 36.3 Å². The van der Waals surface area contributed by atoms with Crippen LogP contribution in [-0.4, -0.2) is 26.8 Å². The third kappa shape index (κ3) is 2.55. The summed E-state index contributed by atoms with van der Waals surface area (Å²) in [5.74, 6) is 0. The van der Waals surface area contributed by atoms with Crippen LogP contribution in [0, 0.1) is 18.3 Å². The quantitative estimate of drug-likeness (QED) is 0.764. The first-order valence-electron chi connectivity index (χ1n) is 6.17. The van der Waals surface area contributed by atoms with Gasteiger partial charge in [0.2, 0.25) is 0 Å². The Balaban J connectivity index is 2.22. The maximum Gasteiger partial charge on any atom is 0.101 e. The molecule has 0 aromatic heterocycles. The minimum atomic E-state index is 0.715. The fourth-order valence-electron chi connectivity index (χ4n) is 2.40. The average molecular weight is 242 g/mol. The summed E-state index contributed by atoms with van der Waals surface area (Å²) in [5.41, 5.74) is 4.35. The molecule has 3 heteroatoms. The van der Waals surface area contributed by atoms with Gasteiger partial charge in [0.25, 0.3) is 0 Å². The highest BCUT2D eigenvalue weighted by atomic mass is 16.5. The highest BCUT2D eigenvalue weighted by Crippen LogP contribution is 2.27. The summed E-state index contributed by atoms with van der Waals surface area (Å²) in [5, 5.41) is 9.20. The number of hydrogen-bond acceptors (Lipinski definition) is 3. The summed E-state index contributed by atoms with van der Waals surface area (Å²) in [4.78, 5) is 2.27. The Kier molecular flexibility index (Phi) is 4.01. The largest absolute Gasteiger partial charge is 0.380 e. The van der Waals surface area contributed by atoms with Crippen LogP contribution in [0.25, 0.3) is 0 Å². The van der Waals surface area contributed by atoms with Crippen LogP contribution < -0.4 is 4.90 Å². The standard InChI is InChI=1S/C15H18N2O/c1-12-4-3-5-14(10-16)15(12)17-8-6-13(7-9-17)11-18-2/h3-6H,7-9,11H2,1-2H3. The van der Waals surface area contributed by atoms with Gasteiger partial charge < -0.3 is 9.64 Å². The van der Waals surface area contributed by atoms with Gasteiger partial charge in [-0.3, -0.25) is 0 Å². The predicted octanol–water partition coefficient (Wildman–Crippen LogP) is 2.65. The molecule has 0 aliphatic carbocycles. The molecule has 1 aromatic carbocycles. The van der Waals surface area contributed by atoms with Crippen LogP contribution in [0.4, 0.5) is 5.69 Å². The van der Waals surface area contributed by atoms with Gasteiger partial charge in [0.05, 0.1) is 17.9 Å². The molecule has 0 N–H and O–H groups in total. The summed E-state index contributed by atoms with van der Waals surface area (Å²) >= 11 is 0. The number of benzene rings is 1. The minimum Gasteiger partial charge on any atom is -0.380 e. The maximum absolute atomic E-state index is 9.20. The van der Waals surface area contributed by atoms with E-state index in [4.69, 9.17) is 4.74 Å². The van der Waals surface area contributed by atoms with E-state index in [1.807, 2.05) is 12.1 Å². The molecule has 0 saturated heterocycles. The summed E-state index contributed by atoms with van der Waals surface area (Å²) in [6.45, 7) is 4.59. The van der Waals surface area contributed by atoms with Crippen molar-refractivity contribution in [2.45, 2.75) is 13.3 Å². The Labute approximate surface area is 108 Å². The number of methoxy groups -OCH3 is 1. The van der Waals surface area contributed by atoms with Crippen LogP contribution in [0.5, 0.6) is 0 Å². The van der Waals surface area contributed by atoms with Gasteiger partial charge in [-0.1, -0.05) is 18.2 Å². The molecule has 0 unspecified atom stereocenters. The van der Waals surface area contributed by atoms with Crippen molar-refractivity contribution in [3.05, 3.63) is 41.0 Å². The fraction of sp³-hybridized carbons (Fsp3) is 0.400. The molecule has 0 amide bonds. The van der Waals surface area contributed by atoms with Crippen LogP contribution >= 0.6 is 0 Å². The molecule has 3 nitrogen and oxygen atoms in total. The summed E-state index contributed by atoms with van der Waals surface area (Å²) in [6, 6.07) is 8.17. The van der Waals surface area contributed by atoms with Crippen molar-refractivity contribution < 1.29 is 4.74 Å². The van der Waals surface area contributed by atoms with Crippen molar-refractivity contribution >= 4 is 5.69 Å². The van der Waals surface area contributed by atoms with E-state index in [2.05, 4.69) is 30.0 Å². The molecule has 0 saturated carbocycles. The van der Waals surface area contributed by atoms with Gasteiger partial charge in [0.15, 0.2) is 0 Å². The molecule has 2 rings (SSSR count). The number of para-hydroxylation sites is 1. The van der Waals surface area contributed by atoms with Crippen LogP contribution in [0.1, 0.15) is 17.5 Å². The number of nitriles is 1. The van der Waals surface area contributed by atoms with Crippen LogP contribution in [0.2, 0.25) is 0 Å². The van der Waals surface area contributed by atoms with E-state index in [-0.39, 0.29) is 0 Å². The Bertz CT molecular complexity index is 500. The number of anilines is 1. The maximum atomic E-state index is 9.20. The van der Waals surface area contributed by atoms with Crippen molar-refractivity contribution in [2.24, 2.45) is 0 Å². The van der Waals surface area contributed by atoms with Crippen molar-refractivity contribution in [3.8, 4) is 6.07 Å². The number of aryl methyl sites for hydroxylation is 1. The lowest BCUT2D eigenvalue weighted by atomic mass is 10.0. The molecule has 18 heavy (non-hydrogen) atoms. The third-order valence-corrected chi connectivity index (χ3v) is 3.31. The molecule has 0 fully saturated rings. The smallest absolute Gasteiger partial charge is 0.101 e. The van der Waals surface area contributed by atoms with E-state index >= 15 is 0 Å². The molecule has 1 aromatic rings. The lowest BCUT2D eigenvalue weighted by Gasteiger charge is -2.30. The summed E-state index contributed by atoms with van der Waals surface area (Å²) in [7, 11) is 1.72. The van der Waals surface area contributed by atoms with Gasteiger partial charge in [-0.25, -0.2) is 0 Å². The molecule has 94 valence electrons. The second-order valence-electron chi connectivity index (χ2n) is 4.57. The second kappa shape index (κ2) is 5.70. The lowest BCUT2D eigenvalue weighted by molar-refractivity contribution is 0.222. The zero-order chi connectivity index (χ0) is 13.0. The van der Waals surface area contributed by atoms with Crippen molar-refractivity contribution in [1.82, 2.24) is 0 Å². The molecule has 1 aliphatic heterocycles. The van der Waals surface area contributed by atoms with Gasteiger partial charge in [0.1, 0.15) is 6.07 Å². The number of hydrogen-bond donors (Lipinski definition) is 0. The molecule has 1 heterocycles. The van der Waals surface area contributed by atoms with Crippen molar-refractivity contribution in [3.63, 3.8) is 0 Å². The Morgan fingerprint density at radius 3 is 2.89 bits per heavy atom. The minimum absolute atomic E-state index is 0.715. The van der Waals surface area contributed by atoms with E-state index in [1.165, 1.54) is 5.57 Å². The fourth-order valence-corrected chi connectivity index (χ4v) is 2.40. The van der Waals surface area contributed by atoms with Crippen molar-refractivity contribution in [2.75, 3.05) is 31.7 Å². The Hall–Kier alpha value is -1.79. The van der Waals surface area contributed by atoms with E-state index in [0.29, 0.717) is 6.61 Å². The van der Waals surface area contributed by atoms with E-state index < -0.39 is 0 Å². The predicted molar refractivity (Wildman–Crippen MR) is 72.7 cm³/mol. The SMILES string of the molecule is COCC1=CCN(c2c(C)cccc2C#N)CC1. The number of rotatable bonds is 3. The van der Waals surface area contributed by atoms with Crippen molar-refractivity contribution in [1.29, 1.82) is 5.26 Å². The number of nitrogens with zero attached hydrogens (tertiary/aromatic N) is 2. The first-order chi connectivity index (χ1) is 8.76. The highest BCUT2D eigenvalue weighted by Gasteiger charge is 2.16. The second-order valence-corrected chi connectivity index (χ2v) is 4.57. The highest BCUT2D eigenvalue weighted by molar-refractivity contribution is 5.64. The Morgan fingerprint density at radius 1 is 1.44 bits per heavy atom. The van der Waals surface area contributed by atoms with Gasteiger partial charge in [-0.05, 0) is 30.5 Å². The zero-order valence-corrected chi connectivity index (χ0v) is 10.9. The van der Waals surface area contributed by atoms with Crippen LogP contribution in [0.15, 0.2) is 29.8 Å². The molecule has 0 atom stereocenters. The first-order valence-corrected chi connectivity index (χ1v) is 6.17. The normalized spacial score (nSPS) is 15.2. The van der Waals surface area contributed by atoms with Gasteiger partial charge >= 0.3 is 0 Å².